The predicted molar refractivity (Wildman–Crippen MR) is 89.8 cm³/mol. The number of rotatable bonds is 4. The smallest absolute Gasteiger partial charge is 0.322 e. The minimum atomic E-state index is -0.385. The molecule has 3 amide bonds. The van der Waals surface area contributed by atoms with E-state index in [0.717, 1.165) is 17.7 Å². The molecule has 6 heteroatoms. The largest absolute Gasteiger partial charge is 0.491 e. The Morgan fingerprint density at radius 2 is 2.09 bits per heavy atom. The van der Waals surface area contributed by atoms with Crippen LogP contribution in [0.15, 0.2) is 18.2 Å². The van der Waals surface area contributed by atoms with E-state index in [9.17, 15) is 9.59 Å². The maximum absolute atomic E-state index is 12.4. The van der Waals surface area contributed by atoms with Crippen molar-refractivity contribution in [2.75, 3.05) is 18.9 Å². The summed E-state index contributed by atoms with van der Waals surface area (Å²) in [6, 6.07) is 4.91. The maximum Gasteiger partial charge on any atom is 0.322 e. The van der Waals surface area contributed by atoms with Gasteiger partial charge in [-0.2, -0.15) is 0 Å². The second-order valence-corrected chi connectivity index (χ2v) is 6.04. The van der Waals surface area contributed by atoms with E-state index in [-0.39, 0.29) is 24.1 Å². The van der Waals surface area contributed by atoms with Crippen molar-refractivity contribution >= 4 is 17.6 Å². The first kappa shape index (κ1) is 17.1. The van der Waals surface area contributed by atoms with Crippen LogP contribution in [0.1, 0.15) is 32.3 Å². The Morgan fingerprint density at radius 1 is 1.35 bits per heavy atom. The summed E-state index contributed by atoms with van der Waals surface area (Å²) in [5.74, 6) is 0.692. The molecule has 1 atom stereocenters. The SMILES string of the molecule is CNC(=O)C1CCCN1C(=O)Nc1ccc(OC(C)C)c(C)c1. The van der Waals surface area contributed by atoms with Crippen molar-refractivity contribution in [3.63, 3.8) is 0 Å². The number of likely N-dealkylation sites (N-methyl/N-ethyl adjacent to an activating group) is 1. The number of aryl methyl sites for hydroxylation is 1. The second kappa shape index (κ2) is 7.35. The van der Waals surface area contributed by atoms with E-state index in [1.54, 1.807) is 11.9 Å². The molecule has 2 N–H and O–H groups in total. The van der Waals surface area contributed by atoms with Gasteiger partial charge in [-0.1, -0.05) is 0 Å². The lowest BCUT2D eigenvalue weighted by atomic mass is 10.2. The molecule has 2 rings (SSSR count). The molecule has 6 nitrogen and oxygen atoms in total. The van der Waals surface area contributed by atoms with Crippen molar-refractivity contribution in [1.82, 2.24) is 10.2 Å². The molecule has 23 heavy (non-hydrogen) atoms. The molecular formula is C17H25N3O3. The van der Waals surface area contributed by atoms with Gasteiger partial charge in [0, 0.05) is 19.3 Å². The number of ether oxygens (including phenoxy) is 1. The van der Waals surface area contributed by atoms with Crippen LogP contribution in [-0.4, -0.2) is 42.6 Å². The summed E-state index contributed by atoms with van der Waals surface area (Å²) in [4.78, 5) is 25.8. The van der Waals surface area contributed by atoms with Gasteiger partial charge in [-0.3, -0.25) is 4.79 Å². The zero-order chi connectivity index (χ0) is 17.0. The zero-order valence-corrected chi connectivity index (χ0v) is 14.2. The number of nitrogens with zero attached hydrogens (tertiary/aromatic N) is 1. The Bertz CT molecular complexity index is 586. The van der Waals surface area contributed by atoms with Gasteiger partial charge in [0.25, 0.3) is 0 Å². The number of urea groups is 1. The van der Waals surface area contributed by atoms with E-state index in [0.29, 0.717) is 18.7 Å². The summed E-state index contributed by atoms with van der Waals surface area (Å²) in [5, 5.41) is 5.48. The Morgan fingerprint density at radius 3 is 2.70 bits per heavy atom. The second-order valence-electron chi connectivity index (χ2n) is 6.04. The van der Waals surface area contributed by atoms with Gasteiger partial charge in [0.1, 0.15) is 11.8 Å². The highest BCUT2D eigenvalue weighted by Crippen LogP contribution is 2.24. The number of carbonyl (C=O) groups is 2. The molecule has 0 spiro atoms. The third-order valence-electron chi connectivity index (χ3n) is 3.85. The topological polar surface area (TPSA) is 70.7 Å². The summed E-state index contributed by atoms with van der Waals surface area (Å²) >= 11 is 0. The molecule has 126 valence electrons. The van der Waals surface area contributed by atoms with Gasteiger partial charge in [0.05, 0.1) is 6.10 Å². The monoisotopic (exact) mass is 319 g/mol. The highest BCUT2D eigenvalue weighted by Gasteiger charge is 2.33. The van der Waals surface area contributed by atoms with Gasteiger partial charge >= 0.3 is 6.03 Å². The van der Waals surface area contributed by atoms with Crippen LogP contribution in [0, 0.1) is 6.92 Å². The van der Waals surface area contributed by atoms with E-state index in [4.69, 9.17) is 4.74 Å². The predicted octanol–water partition coefficient (Wildman–Crippen LogP) is 2.52. The quantitative estimate of drug-likeness (QED) is 0.896. The Kier molecular flexibility index (Phi) is 5.47. The van der Waals surface area contributed by atoms with E-state index in [2.05, 4.69) is 10.6 Å². The molecule has 1 saturated heterocycles. The molecule has 1 aromatic rings. The Labute approximate surface area is 137 Å². The molecule has 1 aliphatic heterocycles. The first-order chi connectivity index (χ1) is 10.9. The minimum Gasteiger partial charge on any atom is -0.491 e. The standard InChI is InChI=1S/C17H25N3O3/c1-11(2)23-15-8-7-13(10-12(15)3)19-17(22)20-9-5-6-14(20)16(21)18-4/h7-8,10-11,14H,5-6,9H2,1-4H3,(H,18,21)(H,19,22). The number of benzene rings is 1. The van der Waals surface area contributed by atoms with Crippen molar-refractivity contribution < 1.29 is 14.3 Å². The summed E-state index contributed by atoms with van der Waals surface area (Å²) in [5.41, 5.74) is 1.66. The number of anilines is 1. The van der Waals surface area contributed by atoms with Crippen LogP contribution in [0.5, 0.6) is 5.75 Å². The molecule has 0 saturated carbocycles. The molecule has 1 aliphatic rings. The molecule has 0 aliphatic carbocycles. The van der Waals surface area contributed by atoms with Crippen molar-refractivity contribution in [3.05, 3.63) is 23.8 Å². The molecule has 1 aromatic carbocycles. The summed E-state index contributed by atoms with van der Waals surface area (Å²) < 4.78 is 5.69. The number of likely N-dealkylation sites (tertiary alicyclic amines) is 1. The minimum absolute atomic E-state index is 0.104. The van der Waals surface area contributed by atoms with Crippen LogP contribution in [0.25, 0.3) is 0 Å². The fraction of sp³-hybridized carbons (Fsp3) is 0.529. The Balaban J connectivity index is 2.05. The van der Waals surface area contributed by atoms with Crippen molar-refractivity contribution in [2.45, 2.75) is 45.8 Å². The molecule has 0 radical (unpaired) electrons. The number of nitrogens with one attached hydrogen (secondary N) is 2. The van der Waals surface area contributed by atoms with E-state index >= 15 is 0 Å². The van der Waals surface area contributed by atoms with Gasteiger partial charge in [0.15, 0.2) is 0 Å². The van der Waals surface area contributed by atoms with Gasteiger partial charge in [-0.05, 0) is 57.4 Å². The highest BCUT2D eigenvalue weighted by atomic mass is 16.5. The fourth-order valence-corrected chi connectivity index (χ4v) is 2.76. The first-order valence-electron chi connectivity index (χ1n) is 7.99. The summed E-state index contributed by atoms with van der Waals surface area (Å²) in [6.45, 7) is 6.48. The summed E-state index contributed by atoms with van der Waals surface area (Å²) in [6.07, 6.45) is 1.64. The van der Waals surface area contributed by atoms with E-state index in [1.165, 1.54) is 0 Å². The van der Waals surface area contributed by atoms with E-state index < -0.39 is 0 Å². The van der Waals surface area contributed by atoms with Crippen LogP contribution in [-0.2, 0) is 4.79 Å². The van der Waals surface area contributed by atoms with Crippen molar-refractivity contribution in [3.8, 4) is 5.75 Å². The number of hydrogen-bond acceptors (Lipinski definition) is 3. The highest BCUT2D eigenvalue weighted by molar-refractivity contribution is 5.94. The number of carbonyl (C=O) groups excluding carboxylic acids is 2. The lowest BCUT2D eigenvalue weighted by molar-refractivity contribution is -0.124. The molecule has 0 bridgehead atoms. The third kappa shape index (κ3) is 4.15. The Hall–Kier alpha value is -2.24. The average Bonchev–Trinajstić information content (AvgIpc) is 2.98. The third-order valence-corrected chi connectivity index (χ3v) is 3.85. The summed E-state index contributed by atoms with van der Waals surface area (Å²) in [7, 11) is 1.59. The average molecular weight is 319 g/mol. The first-order valence-corrected chi connectivity index (χ1v) is 7.99. The normalized spacial score (nSPS) is 17.3. The maximum atomic E-state index is 12.4. The van der Waals surface area contributed by atoms with Gasteiger partial charge < -0.3 is 20.3 Å². The fourth-order valence-electron chi connectivity index (χ4n) is 2.76. The van der Waals surface area contributed by atoms with Crippen LogP contribution >= 0.6 is 0 Å². The lowest BCUT2D eigenvalue weighted by Gasteiger charge is -2.24. The molecule has 0 aromatic heterocycles. The van der Waals surface area contributed by atoms with Crippen LogP contribution in [0.4, 0.5) is 10.5 Å². The van der Waals surface area contributed by atoms with Crippen LogP contribution in [0.3, 0.4) is 0 Å². The van der Waals surface area contributed by atoms with Gasteiger partial charge in [0.2, 0.25) is 5.91 Å². The lowest BCUT2D eigenvalue weighted by Crippen LogP contribution is -2.46. The molecule has 1 heterocycles. The van der Waals surface area contributed by atoms with Crippen molar-refractivity contribution in [1.29, 1.82) is 0 Å². The van der Waals surface area contributed by atoms with Crippen LogP contribution < -0.4 is 15.4 Å². The molecule has 1 fully saturated rings. The number of amides is 3. The van der Waals surface area contributed by atoms with Gasteiger partial charge in [-0.25, -0.2) is 4.79 Å². The molecule has 1 unspecified atom stereocenters. The van der Waals surface area contributed by atoms with Gasteiger partial charge in [-0.15, -0.1) is 0 Å². The zero-order valence-electron chi connectivity index (χ0n) is 14.2. The van der Waals surface area contributed by atoms with Crippen LogP contribution in [0.2, 0.25) is 0 Å². The van der Waals surface area contributed by atoms with Crippen molar-refractivity contribution in [2.24, 2.45) is 0 Å². The molecular weight excluding hydrogens is 294 g/mol. The number of hydrogen-bond donors (Lipinski definition) is 2. The van der Waals surface area contributed by atoms with E-state index in [1.807, 2.05) is 39.0 Å².